The molecular formula is C11H24N2O. The number of hydrogen-bond acceptors (Lipinski definition) is 3. The van der Waals surface area contributed by atoms with Crippen molar-refractivity contribution in [1.29, 1.82) is 5.41 Å². The van der Waals surface area contributed by atoms with Crippen LogP contribution in [0.4, 0.5) is 0 Å². The monoisotopic (exact) mass is 200 g/mol. The lowest BCUT2D eigenvalue weighted by Crippen LogP contribution is -2.23. The quantitative estimate of drug-likeness (QED) is 0.393. The summed E-state index contributed by atoms with van der Waals surface area (Å²) in [5, 5.41) is 7.58. The molecule has 0 aliphatic rings. The highest BCUT2D eigenvalue weighted by Gasteiger charge is 2.12. The van der Waals surface area contributed by atoms with Crippen LogP contribution in [0.2, 0.25) is 0 Å². The Morgan fingerprint density at radius 2 is 1.71 bits per heavy atom. The Kier molecular flexibility index (Phi) is 6.54. The first kappa shape index (κ1) is 13.4. The van der Waals surface area contributed by atoms with Gasteiger partial charge in [0, 0.05) is 6.42 Å². The van der Waals surface area contributed by atoms with Gasteiger partial charge in [-0.15, -0.1) is 0 Å². The lowest BCUT2D eigenvalue weighted by molar-refractivity contribution is 0.110. The minimum atomic E-state index is -0.228. The summed E-state index contributed by atoms with van der Waals surface area (Å²) >= 11 is 0. The van der Waals surface area contributed by atoms with Crippen molar-refractivity contribution >= 4 is 5.90 Å². The molecule has 84 valence electrons. The fourth-order valence-electron chi connectivity index (χ4n) is 1.20. The van der Waals surface area contributed by atoms with Gasteiger partial charge in [0.15, 0.2) is 5.90 Å². The number of ether oxygens (including phenoxy) is 1. The topological polar surface area (TPSA) is 59.1 Å². The molecule has 0 aromatic heterocycles. The molecule has 0 saturated carbocycles. The minimum absolute atomic E-state index is 0.228. The van der Waals surface area contributed by atoms with Gasteiger partial charge in [-0.05, 0) is 40.2 Å². The van der Waals surface area contributed by atoms with Gasteiger partial charge >= 0.3 is 0 Å². The van der Waals surface area contributed by atoms with Gasteiger partial charge in [0.25, 0.3) is 0 Å². The van der Waals surface area contributed by atoms with Gasteiger partial charge in [0.1, 0.15) is 5.60 Å². The lowest BCUT2D eigenvalue weighted by Gasteiger charge is -2.21. The van der Waals surface area contributed by atoms with E-state index in [1.807, 2.05) is 20.8 Å². The fourth-order valence-corrected chi connectivity index (χ4v) is 1.20. The maximum atomic E-state index is 7.58. The van der Waals surface area contributed by atoms with Crippen molar-refractivity contribution in [2.24, 2.45) is 5.73 Å². The summed E-state index contributed by atoms with van der Waals surface area (Å²) in [5.74, 6) is 0.408. The second-order valence-corrected chi connectivity index (χ2v) is 4.59. The van der Waals surface area contributed by atoms with Crippen molar-refractivity contribution in [3.63, 3.8) is 0 Å². The van der Waals surface area contributed by atoms with E-state index in [0.29, 0.717) is 5.90 Å². The summed E-state index contributed by atoms with van der Waals surface area (Å²) in [6.45, 7) is 6.68. The van der Waals surface area contributed by atoms with Crippen molar-refractivity contribution in [1.82, 2.24) is 0 Å². The predicted molar refractivity (Wildman–Crippen MR) is 60.7 cm³/mol. The highest BCUT2D eigenvalue weighted by molar-refractivity contribution is 5.72. The van der Waals surface area contributed by atoms with E-state index in [0.717, 1.165) is 32.2 Å². The normalized spacial score (nSPS) is 11.4. The van der Waals surface area contributed by atoms with Crippen molar-refractivity contribution in [3.8, 4) is 0 Å². The maximum Gasteiger partial charge on any atom is 0.180 e. The molecule has 3 N–H and O–H groups in total. The zero-order valence-corrected chi connectivity index (χ0v) is 9.73. The zero-order chi connectivity index (χ0) is 11.0. The average Bonchev–Trinajstić information content (AvgIpc) is 2.00. The van der Waals surface area contributed by atoms with E-state index < -0.39 is 0 Å². The molecule has 0 aromatic carbocycles. The molecule has 0 aliphatic heterocycles. The zero-order valence-electron chi connectivity index (χ0n) is 9.73. The predicted octanol–water partition coefficient (Wildman–Crippen LogP) is 2.69. The molecule has 0 rings (SSSR count). The molecule has 3 heteroatoms. The Balaban J connectivity index is 3.36. The molecule has 0 amide bonds. The molecule has 0 unspecified atom stereocenters. The van der Waals surface area contributed by atoms with E-state index >= 15 is 0 Å². The largest absolute Gasteiger partial charge is 0.476 e. The molecule has 14 heavy (non-hydrogen) atoms. The molecule has 3 nitrogen and oxygen atoms in total. The van der Waals surface area contributed by atoms with Gasteiger partial charge in [-0.2, -0.15) is 0 Å². The van der Waals surface area contributed by atoms with Crippen LogP contribution in [-0.4, -0.2) is 18.0 Å². The third kappa shape index (κ3) is 9.52. The van der Waals surface area contributed by atoms with Gasteiger partial charge in [-0.25, -0.2) is 0 Å². The van der Waals surface area contributed by atoms with E-state index in [9.17, 15) is 0 Å². The van der Waals surface area contributed by atoms with Crippen LogP contribution in [-0.2, 0) is 4.74 Å². The Labute approximate surface area is 87.5 Å². The van der Waals surface area contributed by atoms with Crippen LogP contribution in [0.5, 0.6) is 0 Å². The Morgan fingerprint density at radius 1 is 1.14 bits per heavy atom. The molecular weight excluding hydrogens is 176 g/mol. The van der Waals surface area contributed by atoms with Crippen LogP contribution in [0.25, 0.3) is 0 Å². The lowest BCUT2D eigenvalue weighted by atomic mass is 10.1. The average molecular weight is 200 g/mol. The van der Waals surface area contributed by atoms with Crippen LogP contribution < -0.4 is 5.73 Å². The summed E-state index contributed by atoms with van der Waals surface area (Å²) in [4.78, 5) is 0. The molecule has 0 bridgehead atoms. The number of nitrogens with one attached hydrogen (secondary N) is 1. The fraction of sp³-hybridized carbons (Fsp3) is 0.909. The molecule has 0 atom stereocenters. The first-order chi connectivity index (χ1) is 6.45. The number of hydrogen-bond donors (Lipinski definition) is 2. The Morgan fingerprint density at radius 3 is 2.21 bits per heavy atom. The Hall–Kier alpha value is -0.570. The molecule has 0 heterocycles. The molecule has 0 spiro atoms. The Bertz CT molecular complexity index is 161. The van der Waals surface area contributed by atoms with E-state index in [2.05, 4.69) is 0 Å². The van der Waals surface area contributed by atoms with Gasteiger partial charge in [0.2, 0.25) is 0 Å². The van der Waals surface area contributed by atoms with Gasteiger partial charge in [-0.1, -0.05) is 12.8 Å². The molecule has 0 saturated heterocycles. The maximum absolute atomic E-state index is 7.58. The van der Waals surface area contributed by atoms with Crippen molar-refractivity contribution in [2.75, 3.05) is 6.54 Å². The smallest absolute Gasteiger partial charge is 0.180 e. The summed E-state index contributed by atoms with van der Waals surface area (Å²) in [6, 6.07) is 0. The van der Waals surface area contributed by atoms with Crippen LogP contribution >= 0.6 is 0 Å². The number of nitrogens with two attached hydrogens (primary N) is 1. The number of rotatable bonds is 6. The second kappa shape index (κ2) is 6.82. The molecule has 0 fully saturated rings. The minimum Gasteiger partial charge on any atom is -0.476 e. The van der Waals surface area contributed by atoms with Gasteiger partial charge < -0.3 is 10.5 Å². The summed E-state index contributed by atoms with van der Waals surface area (Å²) < 4.78 is 5.40. The van der Waals surface area contributed by atoms with Crippen LogP contribution in [0, 0.1) is 5.41 Å². The number of unbranched alkanes of at least 4 members (excludes halogenated alkanes) is 3. The summed E-state index contributed by atoms with van der Waals surface area (Å²) in [5.41, 5.74) is 5.16. The highest BCUT2D eigenvalue weighted by Crippen LogP contribution is 2.11. The molecule has 0 aliphatic carbocycles. The van der Waals surface area contributed by atoms with Crippen molar-refractivity contribution in [2.45, 2.75) is 58.5 Å². The van der Waals surface area contributed by atoms with E-state index in [-0.39, 0.29) is 5.60 Å². The van der Waals surface area contributed by atoms with E-state index in [4.69, 9.17) is 15.9 Å². The standard InChI is InChI=1S/C11H24N2O/c1-11(2,3)14-10(13)8-6-4-5-7-9-12/h13H,4-9,12H2,1-3H3. The van der Waals surface area contributed by atoms with Gasteiger partial charge in [-0.3, -0.25) is 5.41 Å². The summed E-state index contributed by atoms with van der Waals surface area (Å²) in [7, 11) is 0. The van der Waals surface area contributed by atoms with Crippen LogP contribution in [0.3, 0.4) is 0 Å². The second-order valence-electron chi connectivity index (χ2n) is 4.59. The molecule has 0 radical (unpaired) electrons. The van der Waals surface area contributed by atoms with E-state index in [1.165, 1.54) is 6.42 Å². The highest BCUT2D eigenvalue weighted by atomic mass is 16.5. The van der Waals surface area contributed by atoms with Crippen molar-refractivity contribution < 1.29 is 4.74 Å². The van der Waals surface area contributed by atoms with E-state index in [1.54, 1.807) is 0 Å². The SMILES string of the molecule is CC(C)(C)OC(=N)CCCCCCN. The first-order valence-electron chi connectivity index (χ1n) is 5.42. The van der Waals surface area contributed by atoms with Gasteiger partial charge in [0.05, 0.1) is 0 Å². The first-order valence-corrected chi connectivity index (χ1v) is 5.42. The van der Waals surface area contributed by atoms with Crippen LogP contribution in [0.15, 0.2) is 0 Å². The third-order valence-electron chi connectivity index (χ3n) is 1.79. The third-order valence-corrected chi connectivity index (χ3v) is 1.79. The van der Waals surface area contributed by atoms with Crippen LogP contribution in [0.1, 0.15) is 52.9 Å². The van der Waals surface area contributed by atoms with Crippen molar-refractivity contribution in [3.05, 3.63) is 0 Å². The summed E-state index contributed by atoms with van der Waals surface area (Å²) in [6.07, 6.45) is 5.19. The molecule has 0 aromatic rings.